The first-order valence-electron chi connectivity index (χ1n) is 22.0. The molecule has 0 saturated heterocycles. The molecule has 298 valence electrons. The Labute approximate surface area is 370 Å². The minimum absolute atomic E-state index is 0.887. The fourth-order valence-electron chi connectivity index (χ4n) is 10.2. The van der Waals surface area contributed by atoms with Gasteiger partial charge in [0, 0.05) is 33.1 Å². The number of anilines is 3. The van der Waals surface area contributed by atoms with E-state index in [1.54, 1.807) is 0 Å². The van der Waals surface area contributed by atoms with Crippen molar-refractivity contribution < 1.29 is 4.42 Å². The number of hydrogen-bond acceptors (Lipinski definition) is 2. The quantitative estimate of drug-likeness (QED) is 0.156. The van der Waals surface area contributed by atoms with Crippen molar-refractivity contribution in [1.82, 2.24) is 0 Å². The third kappa shape index (κ3) is 5.81. The van der Waals surface area contributed by atoms with E-state index in [2.05, 4.69) is 241 Å². The molecule has 0 bridgehead atoms. The van der Waals surface area contributed by atoms with Crippen molar-refractivity contribution >= 4 is 92.9 Å². The summed E-state index contributed by atoms with van der Waals surface area (Å²) in [7, 11) is 0. The summed E-state index contributed by atoms with van der Waals surface area (Å²) in [6.07, 6.45) is 0. The molecule has 0 amide bonds. The number of benzene rings is 12. The van der Waals surface area contributed by atoms with Gasteiger partial charge in [-0.1, -0.05) is 182 Å². The van der Waals surface area contributed by atoms with Gasteiger partial charge < -0.3 is 9.32 Å². The SMILES string of the molecule is c1ccc(N(c2ccc(-c3cccc4c3ccc3ccccc34)cc2)c2ccc(-c3cc4ccccc4c4ccccc34)cc2)c(-c2ccc3oc4c5ccccc5ccc4c3c2)c1. The van der Waals surface area contributed by atoms with Crippen LogP contribution in [0, 0.1) is 0 Å². The Kier molecular flexibility index (Phi) is 8.25. The van der Waals surface area contributed by atoms with Crippen molar-refractivity contribution in [3.05, 3.63) is 237 Å². The first-order chi connectivity index (χ1) is 31.7. The molecule has 1 aromatic heterocycles. The molecule has 0 N–H and O–H groups in total. The van der Waals surface area contributed by atoms with Crippen LogP contribution in [0.5, 0.6) is 0 Å². The van der Waals surface area contributed by atoms with Gasteiger partial charge in [-0.15, -0.1) is 0 Å². The summed E-state index contributed by atoms with van der Waals surface area (Å²) in [6, 6.07) is 86.1. The van der Waals surface area contributed by atoms with Crippen LogP contribution in [0.25, 0.3) is 109 Å². The maximum Gasteiger partial charge on any atom is 0.143 e. The van der Waals surface area contributed by atoms with E-state index >= 15 is 0 Å². The molecule has 12 aromatic carbocycles. The minimum Gasteiger partial charge on any atom is -0.455 e. The average molecular weight is 814 g/mol. The van der Waals surface area contributed by atoms with Crippen LogP contribution < -0.4 is 4.90 Å². The molecule has 13 rings (SSSR count). The lowest BCUT2D eigenvalue weighted by Crippen LogP contribution is -2.11. The zero-order valence-electron chi connectivity index (χ0n) is 34.9. The Morgan fingerprint density at radius 2 is 0.766 bits per heavy atom. The molecule has 0 spiro atoms. The van der Waals surface area contributed by atoms with Crippen LogP contribution in [0.1, 0.15) is 0 Å². The predicted molar refractivity (Wildman–Crippen MR) is 272 cm³/mol. The second kappa shape index (κ2) is 14.6. The van der Waals surface area contributed by atoms with E-state index in [-0.39, 0.29) is 0 Å². The van der Waals surface area contributed by atoms with E-state index < -0.39 is 0 Å². The van der Waals surface area contributed by atoms with Crippen molar-refractivity contribution in [1.29, 1.82) is 0 Å². The predicted octanol–water partition coefficient (Wildman–Crippen LogP) is 17.8. The van der Waals surface area contributed by atoms with Crippen molar-refractivity contribution in [3.63, 3.8) is 0 Å². The molecule has 0 unspecified atom stereocenters. The van der Waals surface area contributed by atoms with Gasteiger partial charge >= 0.3 is 0 Å². The molecule has 13 aromatic rings. The van der Waals surface area contributed by atoms with Crippen molar-refractivity contribution in [2.24, 2.45) is 0 Å². The van der Waals surface area contributed by atoms with Gasteiger partial charge in [-0.3, -0.25) is 0 Å². The number of nitrogens with zero attached hydrogens (tertiary/aromatic N) is 1. The van der Waals surface area contributed by atoms with Gasteiger partial charge in [0.25, 0.3) is 0 Å². The van der Waals surface area contributed by atoms with Crippen molar-refractivity contribution in [2.45, 2.75) is 0 Å². The van der Waals surface area contributed by atoms with E-state index in [1.165, 1.54) is 70.7 Å². The number of fused-ring (bicyclic) bond motifs is 11. The van der Waals surface area contributed by atoms with E-state index in [9.17, 15) is 0 Å². The summed E-state index contributed by atoms with van der Waals surface area (Å²) >= 11 is 0. The highest BCUT2D eigenvalue weighted by Gasteiger charge is 2.20. The number of furan rings is 1. The van der Waals surface area contributed by atoms with Crippen LogP contribution in [0.15, 0.2) is 241 Å². The number of hydrogen-bond donors (Lipinski definition) is 0. The van der Waals surface area contributed by atoms with Crippen LogP contribution in [0.4, 0.5) is 17.1 Å². The molecule has 0 aliphatic rings. The Balaban J connectivity index is 0.966. The molecule has 1 heterocycles. The monoisotopic (exact) mass is 813 g/mol. The molecule has 0 aliphatic heterocycles. The molecule has 0 saturated carbocycles. The van der Waals surface area contributed by atoms with Gasteiger partial charge in [0.2, 0.25) is 0 Å². The maximum atomic E-state index is 6.56. The molecule has 64 heavy (non-hydrogen) atoms. The Morgan fingerprint density at radius 1 is 0.266 bits per heavy atom. The summed E-state index contributed by atoms with van der Waals surface area (Å²) in [5, 5.41) is 14.6. The summed E-state index contributed by atoms with van der Waals surface area (Å²) in [6.45, 7) is 0. The normalized spacial score (nSPS) is 11.8. The van der Waals surface area contributed by atoms with Gasteiger partial charge in [-0.25, -0.2) is 0 Å². The van der Waals surface area contributed by atoms with E-state index in [0.29, 0.717) is 0 Å². The lowest BCUT2D eigenvalue weighted by Gasteiger charge is -2.28. The minimum atomic E-state index is 0.887. The van der Waals surface area contributed by atoms with Gasteiger partial charge in [-0.05, 0) is 131 Å². The third-order valence-electron chi connectivity index (χ3n) is 13.2. The van der Waals surface area contributed by atoms with Crippen LogP contribution >= 0.6 is 0 Å². The van der Waals surface area contributed by atoms with Crippen LogP contribution in [-0.4, -0.2) is 0 Å². The van der Waals surface area contributed by atoms with Gasteiger partial charge in [-0.2, -0.15) is 0 Å². The zero-order chi connectivity index (χ0) is 42.1. The standard InChI is InChI=1S/C62H39NO/c1-4-15-48-40(12-1)28-35-56-49(21-11-22-54(48)56)42-24-31-46(32-25-42)63(47-33-26-43(27-34-47)58-38-44-14-3-5-16-50(44)53-19-7-8-20-55(53)58)60-23-10-9-17-51(60)45-30-37-61-59(39-45)57-36-29-41-13-2-6-18-52(41)62(57)64-61/h1-39H. The first-order valence-corrected chi connectivity index (χ1v) is 22.0. The average Bonchev–Trinajstić information content (AvgIpc) is 3.75. The van der Waals surface area contributed by atoms with Crippen LogP contribution in [-0.2, 0) is 0 Å². The second-order valence-corrected chi connectivity index (χ2v) is 16.8. The highest BCUT2D eigenvalue weighted by molar-refractivity contribution is 6.17. The van der Waals surface area contributed by atoms with E-state index in [0.717, 1.165) is 55.5 Å². The summed E-state index contributed by atoms with van der Waals surface area (Å²) in [4.78, 5) is 2.41. The fraction of sp³-hybridized carbons (Fsp3) is 0. The lowest BCUT2D eigenvalue weighted by molar-refractivity contribution is 0.672. The van der Waals surface area contributed by atoms with E-state index in [4.69, 9.17) is 4.42 Å². The molecular weight excluding hydrogens is 775 g/mol. The Morgan fingerprint density at radius 3 is 1.50 bits per heavy atom. The Bertz CT molecular complexity index is 3950. The molecule has 2 nitrogen and oxygen atoms in total. The smallest absolute Gasteiger partial charge is 0.143 e. The van der Waals surface area contributed by atoms with Gasteiger partial charge in [0.1, 0.15) is 11.2 Å². The Hall–Kier alpha value is -8.46. The van der Waals surface area contributed by atoms with Crippen LogP contribution in [0.2, 0.25) is 0 Å². The number of para-hydroxylation sites is 1. The van der Waals surface area contributed by atoms with Crippen molar-refractivity contribution in [2.75, 3.05) is 4.90 Å². The van der Waals surface area contributed by atoms with Gasteiger partial charge in [0.05, 0.1) is 5.69 Å². The summed E-state index contributed by atoms with van der Waals surface area (Å²) in [5.74, 6) is 0. The third-order valence-corrected chi connectivity index (χ3v) is 13.2. The second-order valence-electron chi connectivity index (χ2n) is 16.8. The molecule has 0 atom stereocenters. The highest BCUT2D eigenvalue weighted by atomic mass is 16.3. The molecule has 0 fully saturated rings. The van der Waals surface area contributed by atoms with Crippen LogP contribution in [0.3, 0.4) is 0 Å². The largest absolute Gasteiger partial charge is 0.455 e. The zero-order valence-corrected chi connectivity index (χ0v) is 34.9. The molecule has 2 heteroatoms. The van der Waals surface area contributed by atoms with E-state index in [1.807, 2.05) is 0 Å². The summed E-state index contributed by atoms with van der Waals surface area (Å²) < 4.78 is 6.56. The topological polar surface area (TPSA) is 16.4 Å². The molecule has 0 radical (unpaired) electrons. The maximum absolute atomic E-state index is 6.56. The van der Waals surface area contributed by atoms with Gasteiger partial charge in [0.15, 0.2) is 0 Å². The van der Waals surface area contributed by atoms with Crippen molar-refractivity contribution in [3.8, 4) is 33.4 Å². The molecular formula is C62H39NO. The fourth-order valence-corrected chi connectivity index (χ4v) is 10.2. The summed E-state index contributed by atoms with van der Waals surface area (Å²) in [5.41, 5.74) is 12.1. The molecule has 0 aliphatic carbocycles. The highest BCUT2D eigenvalue weighted by Crippen LogP contribution is 2.45. The lowest BCUT2D eigenvalue weighted by atomic mass is 9.93. The number of rotatable bonds is 6. The first kappa shape index (κ1) is 36.2.